The number of carbonyl (C=O) groups excluding carboxylic acids is 1. The molecule has 2 atom stereocenters. The van der Waals surface area contributed by atoms with Crippen LogP contribution in [0.25, 0.3) is 0 Å². The summed E-state index contributed by atoms with van der Waals surface area (Å²) in [6.07, 6.45) is 6.82. The molecule has 11 heavy (non-hydrogen) atoms. The molecule has 0 spiro atoms. The summed E-state index contributed by atoms with van der Waals surface area (Å²) >= 11 is 0. The van der Waals surface area contributed by atoms with Crippen LogP contribution in [-0.2, 0) is 9.53 Å². The van der Waals surface area contributed by atoms with Crippen molar-refractivity contribution in [2.75, 3.05) is 6.61 Å². The van der Waals surface area contributed by atoms with Gasteiger partial charge in [0.2, 0.25) is 0 Å². The van der Waals surface area contributed by atoms with Gasteiger partial charge >= 0.3 is 0 Å². The molecule has 0 bridgehead atoms. The number of carbonyl (C=O) groups is 1. The molecule has 0 radical (unpaired) electrons. The van der Waals surface area contributed by atoms with E-state index < -0.39 is 0 Å². The molecule has 2 unspecified atom stereocenters. The van der Waals surface area contributed by atoms with E-state index in [1.54, 1.807) is 6.08 Å². The molecule has 0 saturated carbocycles. The Morgan fingerprint density at radius 3 is 3.27 bits per heavy atom. The van der Waals surface area contributed by atoms with E-state index in [1.165, 1.54) is 0 Å². The van der Waals surface area contributed by atoms with Crippen molar-refractivity contribution in [1.29, 1.82) is 0 Å². The van der Waals surface area contributed by atoms with E-state index in [9.17, 15) is 4.79 Å². The van der Waals surface area contributed by atoms with Gasteiger partial charge in [0.1, 0.15) is 0 Å². The van der Waals surface area contributed by atoms with E-state index in [0.717, 1.165) is 25.9 Å². The number of hydrogen-bond acceptors (Lipinski definition) is 2. The van der Waals surface area contributed by atoms with Crippen molar-refractivity contribution in [3.8, 4) is 0 Å². The topological polar surface area (TPSA) is 26.3 Å². The van der Waals surface area contributed by atoms with Crippen LogP contribution in [0.1, 0.15) is 19.3 Å². The van der Waals surface area contributed by atoms with Crippen LogP contribution in [0.2, 0.25) is 0 Å². The van der Waals surface area contributed by atoms with Crippen LogP contribution in [0.4, 0.5) is 0 Å². The van der Waals surface area contributed by atoms with Gasteiger partial charge in [0.15, 0.2) is 5.78 Å². The molecule has 1 heterocycles. The lowest BCUT2D eigenvalue weighted by molar-refractivity contribution is -0.128. The Labute approximate surface area is 66.2 Å². The Bertz CT molecular complexity index is 196. The van der Waals surface area contributed by atoms with Gasteiger partial charge in [0.05, 0.1) is 6.10 Å². The molecule has 0 amide bonds. The molecule has 0 aromatic heterocycles. The molecule has 1 aliphatic heterocycles. The summed E-state index contributed by atoms with van der Waals surface area (Å²) in [5.41, 5.74) is 0. The van der Waals surface area contributed by atoms with Crippen molar-refractivity contribution in [3.63, 3.8) is 0 Å². The molecule has 1 fully saturated rings. The van der Waals surface area contributed by atoms with Gasteiger partial charge in [-0.05, 0) is 25.3 Å². The highest BCUT2D eigenvalue weighted by Crippen LogP contribution is 2.27. The highest BCUT2D eigenvalue weighted by atomic mass is 16.5. The molecule has 2 aliphatic rings. The van der Waals surface area contributed by atoms with Crippen molar-refractivity contribution in [3.05, 3.63) is 12.2 Å². The largest absolute Gasteiger partial charge is 0.377 e. The zero-order chi connectivity index (χ0) is 7.68. The summed E-state index contributed by atoms with van der Waals surface area (Å²) in [5, 5.41) is 0. The molecule has 1 aliphatic carbocycles. The maximum atomic E-state index is 11.3. The van der Waals surface area contributed by atoms with Gasteiger partial charge in [0.25, 0.3) is 0 Å². The maximum absolute atomic E-state index is 11.3. The highest BCUT2D eigenvalue weighted by molar-refractivity contribution is 5.93. The van der Waals surface area contributed by atoms with Gasteiger partial charge in [0, 0.05) is 12.5 Å². The van der Waals surface area contributed by atoms with E-state index in [1.807, 2.05) is 6.08 Å². The lowest BCUT2D eigenvalue weighted by atomic mass is 9.85. The molecule has 0 aromatic carbocycles. The lowest BCUT2D eigenvalue weighted by Crippen LogP contribution is -2.36. The molecule has 60 valence electrons. The van der Waals surface area contributed by atoms with Gasteiger partial charge in [-0.25, -0.2) is 0 Å². The van der Waals surface area contributed by atoms with Crippen LogP contribution in [0.5, 0.6) is 0 Å². The first-order chi connectivity index (χ1) is 5.38. The average Bonchev–Trinajstić information content (AvgIpc) is 2.06. The van der Waals surface area contributed by atoms with Crippen LogP contribution in [0.3, 0.4) is 0 Å². The Morgan fingerprint density at radius 2 is 2.45 bits per heavy atom. The fourth-order valence-corrected chi connectivity index (χ4v) is 1.84. The fraction of sp³-hybridized carbons (Fsp3) is 0.667. The molecule has 0 aromatic rings. The Morgan fingerprint density at radius 1 is 1.55 bits per heavy atom. The molecule has 2 nitrogen and oxygen atoms in total. The number of rotatable bonds is 0. The van der Waals surface area contributed by atoms with Gasteiger partial charge < -0.3 is 4.74 Å². The summed E-state index contributed by atoms with van der Waals surface area (Å²) in [6, 6.07) is 0. The number of ketones is 1. The van der Waals surface area contributed by atoms with E-state index in [2.05, 4.69) is 0 Å². The number of fused-ring (bicyclic) bond motifs is 1. The van der Waals surface area contributed by atoms with Crippen LogP contribution in [0, 0.1) is 5.92 Å². The quantitative estimate of drug-likeness (QED) is 0.523. The van der Waals surface area contributed by atoms with Crippen molar-refractivity contribution >= 4 is 5.78 Å². The van der Waals surface area contributed by atoms with Crippen molar-refractivity contribution in [1.82, 2.24) is 0 Å². The molecule has 0 N–H and O–H groups in total. The third-order valence-corrected chi connectivity index (χ3v) is 2.46. The van der Waals surface area contributed by atoms with Crippen molar-refractivity contribution < 1.29 is 9.53 Å². The number of ether oxygens (including phenoxy) is 1. The summed E-state index contributed by atoms with van der Waals surface area (Å²) in [7, 11) is 0. The van der Waals surface area contributed by atoms with Crippen molar-refractivity contribution in [2.24, 2.45) is 5.92 Å². The second-order valence-corrected chi connectivity index (χ2v) is 3.20. The predicted octanol–water partition coefficient (Wildman–Crippen LogP) is 1.31. The minimum atomic E-state index is 0.175. The van der Waals surface area contributed by atoms with Crippen LogP contribution < -0.4 is 0 Å². The molecular weight excluding hydrogens is 140 g/mol. The van der Waals surface area contributed by atoms with E-state index in [-0.39, 0.29) is 17.8 Å². The first kappa shape index (κ1) is 7.04. The second kappa shape index (κ2) is 2.78. The highest BCUT2D eigenvalue weighted by Gasteiger charge is 2.31. The normalized spacial score (nSPS) is 36.9. The van der Waals surface area contributed by atoms with Crippen molar-refractivity contribution in [2.45, 2.75) is 25.4 Å². The molecular formula is C9H12O2. The Kier molecular flexibility index (Phi) is 1.78. The van der Waals surface area contributed by atoms with Crippen LogP contribution >= 0.6 is 0 Å². The first-order valence-electron chi connectivity index (χ1n) is 4.20. The van der Waals surface area contributed by atoms with E-state index >= 15 is 0 Å². The average molecular weight is 152 g/mol. The predicted molar refractivity (Wildman–Crippen MR) is 41.2 cm³/mol. The van der Waals surface area contributed by atoms with Crippen LogP contribution in [0.15, 0.2) is 12.2 Å². The summed E-state index contributed by atoms with van der Waals surface area (Å²) < 4.78 is 5.48. The third kappa shape index (κ3) is 1.23. The summed E-state index contributed by atoms with van der Waals surface area (Å²) in [4.78, 5) is 11.3. The monoisotopic (exact) mass is 152 g/mol. The summed E-state index contributed by atoms with van der Waals surface area (Å²) in [6.45, 7) is 0.836. The van der Waals surface area contributed by atoms with E-state index in [0.29, 0.717) is 0 Å². The van der Waals surface area contributed by atoms with Gasteiger partial charge in [-0.3, -0.25) is 4.79 Å². The second-order valence-electron chi connectivity index (χ2n) is 3.20. The van der Waals surface area contributed by atoms with Gasteiger partial charge in [-0.2, -0.15) is 0 Å². The maximum Gasteiger partial charge on any atom is 0.161 e. The number of hydrogen-bond donors (Lipinski definition) is 0. The third-order valence-electron chi connectivity index (χ3n) is 2.46. The lowest BCUT2D eigenvalue weighted by Gasteiger charge is -2.31. The zero-order valence-corrected chi connectivity index (χ0v) is 6.45. The van der Waals surface area contributed by atoms with Gasteiger partial charge in [-0.1, -0.05) is 6.08 Å². The SMILES string of the molecule is O=C1C=CCC2OCCCC12. The first-order valence-corrected chi connectivity index (χ1v) is 4.20. The summed E-state index contributed by atoms with van der Waals surface area (Å²) in [5.74, 6) is 0.440. The smallest absolute Gasteiger partial charge is 0.161 e. The zero-order valence-electron chi connectivity index (χ0n) is 6.45. The molecule has 2 heteroatoms. The standard InChI is InChI=1S/C9H12O2/c10-8-4-1-5-9-7(8)3-2-6-11-9/h1,4,7,9H,2-3,5-6H2. The van der Waals surface area contributed by atoms with Crippen LogP contribution in [-0.4, -0.2) is 18.5 Å². The minimum Gasteiger partial charge on any atom is -0.377 e. The Hall–Kier alpha value is -0.630. The van der Waals surface area contributed by atoms with E-state index in [4.69, 9.17) is 4.74 Å². The van der Waals surface area contributed by atoms with Gasteiger partial charge in [-0.15, -0.1) is 0 Å². The fourth-order valence-electron chi connectivity index (χ4n) is 1.84. The molecule has 1 saturated heterocycles. The minimum absolute atomic E-state index is 0.175. The Balaban J connectivity index is 2.14. The molecule has 2 rings (SSSR count). The number of allylic oxidation sites excluding steroid dienone is 1.